The van der Waals surface area contributed by atoms with E-state index in [0.717, 1.165) is 49.9 Å². The third kappa shape index (κ3) is 4.04. The van der Waals surface area contributed by atoms with E-state index in [1.165, 1.54) is 11.1 Å². The van der Waals surface area contributed by atoms with Crippen molar-refractivity contribution in [1.82, 2.24) is 20.2 Å². The van der Waals surface area contributed by atoms with Gasteiger partial charge >= 0.3 is 6.03 Å². The van der Waals surface area contributed by atoms with Gasteiger partial charge in [0.25, 0.3) is 0 Å². The van der Waals surface area contributed by atoms with E-state index in [1.807, 2.05) is 6.20 Å². The largest absolute Gasteiger partial charge is 0.351 e. The lowest BCUT2D eigenvalue weighted by atomic mass is 10.1. The summed E-state index contributed by atoms with van der Waals surface area (Å²) in [5.74, 6) is 0.664. The predicted molar refractivity (Wildman–Crippen MR) is 105 cm³/mol. The molecule has 2 aromatic rings. The fourth-order valence-electron chi connectivity index (χ4n) is 3.89. The SMILES string of the molecule is CCCCCNC(=O)N1Cc2cnc(NC3Cc4ccccc4C3)nc2C1. The molecule has 0 spiro atoms. The highest BCUT2D eigenvalue weighted by Gasteiger charge is 2.26. The molecule has 4 rings (SSSR count). The Balaban J connectivity index is 1.33. The molecule has 0 saturated heterocycles. The Morgan fingerprint density at radius 3 is 2.67 bits per heavy atom. The van der Waals surface area contributed by atoms with Gasteiger partial charge in [0.2, 0.25) is 5.95 Å². The summed E-state index contributed by atoms with van der Waals surface area (Å²) in [5.41, 5.74) is 4.80. The number of rotatable bonds is 6. The first-order valence-corrected chi connectivity index (χ1v) is 9.94. The lowest BCUT2D eigenvalue weighted by Crippen LogP contribution is -2.36. The summed E-state index contributed by atoms with van der Waals surface area (Å²) >= 11 is 0. The average Bonchev–Trinajstić information content (AvgIpc) is 3.28. The molecule has 0 saturated carbocycles. The molecule has 1 aromatic heterocycles. The van der Waals surface area contributed by atoms with Gasteiger partial charge in [-0.15, -0.1) is 0 Å². The van der Waals surface area contributed by atoms with Crippen molar-refractivity contribution in [3.8, 4) is 0 Å². The molecular weight excluding hydrogens is 338 g/mol. The fraction of sp³-hybridized carbons (Fsp3) is 0.476. The van der Waals surface area contributed by atoms with Gasteiger partial charge in [-0.3, -0.25) is 0 Å². The number of carbonyl (C=O) groups is 1. The van der Waals surface area contributed by atoms with E-state index in [0.29, 0.717) is 25.1 Å². The normalized spacial score (nSPS) is 15.5. The second kappa shape index (κ2) is 7.94. The third-order valence-electron chi connectivity index (χ3n) is 5.38. The van der Waals surface area contributed by atoms with Gasteiger partial charge in [-0.1, -0.05) is 44.0 Å². The molecule has 6 heteroatoms. The Bertz CT molecular complexity index is 797. The van der Waals surface area contributed by atoms with Crippen molar-refractivity contribution in [2.45, 2.75) is 58.2 Å². The summed E-state index contributed by atoms with van der Waals surface area (Å²) in [6, 6.07) is 8.89. The third-order valence-corrected chi connectivity index (χ3v) is 5.38. The highest BCUT2D eigenvalue weighted by atomic mass is 16.2. The van der Waals surface area contributed by atoms with Crippen molar-refractivity contribution in [2.75, 3.05) is 11.9 Å². The zero-order chi connectivity index (χ0) is 18.6. The maximum Gasteiger partial charge on any atom is 0.318 e. The van der Waals surface area contributed by atoms with Crippen LogP contribution >= 0.6 is 0 Å². The molecule has 142 valence electrons. The molecule has 27 heavy (non-hydrogen) atoms. The summed E-state index contributed by atoms with van der Waals surface area (Å²) in [6.45, 7) is 4.04. The number of hydrogen-bond acceptors (Lipinski definition) is 4. The average molecular weight is 365 g/mol. The molecule has 0 unspecified atom stereocenters. The van der Waals surface area contributed by atoms with Gasteiger partial charge in [0, 0.05) is 24.3 Å². The highest BCUT2D eigenvalue weighted by molar-refractivity contribution is 5.74. The van der Waals surface area contributed by atoms with Gasteiger partial charge in [0.05, 0.1) is 18.8 Å². The van der Waals surface area contributed by atoms with E-state index in [-0.39, 0.29) is 6.03 Å². The number of benzene rings is 1. The van der Waals surface area contributed by atoms with Crippen LogP contribution in [0.1, 0.15) is 48.6 Å². The van der Waals surface area contributed by atoms with Crippen molar-refractivity contribution < 1.29 is 4.79 Å². The molecule has 1 aliphatic heterocycles. The summed E-state index contributed by atoms with van der Waals surface area (Å²) in [6.07, 6.45) is 7.19. The summed E-state index contributed by atoms with van der Waals surface area (Å²) in [5, 5.41) is 6.47. The summed E-state index contributed by atoms with van der Waals surface area (Å²) in [7, 11) is 0. The lowest BCUT2D eigenvalue weighted by Gasteiger charge is -2.15. The number of amides is 2. The van der Waals surface area contributed by atoms with E-state index < -0.39 is 0 Å². The quantitative estimate of drug-likeness (QED) is 0.771. The minimum atomic E-state index is -0.00939. The molecule has 0 fully saturated rings. The van der Waals surface area contributed by atoms with Crippen LogP contribution in [0.25, 0.3) is 0 Å². The van der Waals surface area contributed by atoms with Gasteiger partial charge in [0.1, 0.15) is 0 Å². The van der Waals surface area contributed by atoms with Crippen molar-refractivity contribution in [3.63, 3.8) is 0 Å². The number of anilines is 1. The highest BCUT2D eigenvalue weighted by Crippen LogP contribution is 2.25. The topological polar surface area (TPSA) is 70.2 Å². The van der Waals surface area contributed by atoms with E-state index >= 15 is 0 Å². The number of unbranched alkanes of at least 4 members (excludes halogenated alkanes) is 2. The number of nitrogens with one attached hydrogen (secondary N) is 2. The van der Waals surface area contributed by atoms with Crippen molar-refractivity contribution in [1.29, 1.82) is 0 Å². The van der Waals surface area contributed by atoms with Gasteiger partial charge in [0.15, 0.2) is 0 Å². The number of nitrogens with zero attached hydrogens (tertiary/aromatic N) is 3. The van der Waals surface area contributed by atoms with E-state index in [9.17, 15) is 4.79 Å². The Kier molecular flexibility index (Phi) is 5.23. The van der Waals surface area contributed by atoms with Crippen molar-refractivity contribution in [3.05, 3.63) is 52.8 Å². The van der Waals surface area contributed by atoms with Crippen molar-refractivity contribution in [2.24, 2.45) is 0 Å². The number of urea groups is 1. The first kappa shape index (κ1) is 17.8. The summed E-state index contributed by atoms with van der Waals surface area (Å²) < 4.78 is 0. The monoisotopic (exact) mass is 365 g/mol. The van der Waals surface area contributed by atoms with Gasteiger partial charge in [-0.05, 0) is 30.4 Å². The maximum absolute atomic E-state index is 12.3. The first-order chi connectivity index (χ1) is 13.2. The molecule has 0 radical (unpaired) electrons. The maximum atomic E-state index is 12.3. The van der Waals surface area contributed by atoms with Crippen LogP contribution in [0, 0.1) is 0 Å². The molecule has 0 atom stereocenters. The van der Waals surface area contributed by atoms with Crippen LogP contribution in [0.15, 0.2) is 30.5 Å². The van der Waals surface area contributed by atoms with Crippen LogP contribution in [-0.4, -0.2) is 33.5 Å². The molecule has 6 nitrogen and oxygen atoms in total. The lowest BCUT2D eigenvalue weighted by molar-refractivity contribution is 0.198. The Labute approximate surface area is 160 Å². The van der Waals surface area contributed by atoms with Crippen molar-refractivity contribution >= 4 is 12.0 Å². The minimum absolute atomic E-state index is 0.00939. The van der Waals surface area contributed by atoms with E-state index in [1.54, 1.807) is 4.90 Å². The minimum Gasteiger partial charge on any atom is -0.351 e. The second-order valence-electron chi connectivity index (χ2n) is 7.48. The Morgan fingerprint density at radius 2 is 1.93 bits per heavy atom. The van der Waals surface area contributed by atoms with E-state index in [2.05, 4.69) is 51.8 Å². The van der Waals surface area contributed by atoms with Crippen LogP contribution in [0.2, 0.25) is 0 Å². The number of aromatic nitrogens is 2. The molecule has 2 heterocycles. The van der Waals surface area contributed by atoms with Gasteiger partial charge in [-0.2, -0.15) is 0 Å². The van der Waals surface area contributed by atoms with Crippen LogP contribution in [0.3, 0.4) is 0 Å². The molecule has 2 amide bonds. The fourth-order valence-corrected chi connectivity index (χ4v) is 3.89. The molecule has 0 bridgehead atoms. The van der Waals surface area contributed by atoms with Crippen LogP contribution in [-0.2, 0) is 25.9 Å². The molecule has 2 aliphatic rings. The second-order valence-corrected chi connectivity index (χ2v) is 7.48. The molecule has 1 aliphatic carbocycles. The zero-order valence-electron chi connectivity index (χ0n) is 15.9. The molecule has 1 aromatic carbocycles. The van der Waals surface area contributed by atoms with E-state index in [4.69, 9.17) is 0 Å². The number of carbonyl (C=O) groups excluding carboxylic acids is 1. The Hall–Kier alpha value is -2.63. The number of fused-ring (bicyclic) bond motifs is 2. The Morgan fingerprint density at radius 1 is 1.15 bits per heavy atom. The van der Waals surface area contributed by atoms with Crippen LogP contribution < -0.4 is 10.6 Å². The summed E-state index contributed by atoms with van der Waals surface area (Å²) in [4.78, 5) is 23.3. The predicted octanol–water partition coefficient (Wildman–Crippen LogP) is 3.27. The van der Waals surface area contributed by atoms with Crippen LogP contribution in [0.4, 0.5) is 10.7 Å². The number of hydrogen-bond donors (Lipinski definition) is 2. The standard InChI is InChI=1S/C21H27N5O/c1-2-3-6-9-22-21(27)26-13-17-12-23-20(25-19(17)14-26)24-18-10-15-7-4-5-8-16(15)11-18/h4-5,7-8,12,18H,2-3,6,9-11,13-14H2,1H3,(H,22,27)(H,23,24,25). The first-order valence-electron chi connectivity index (χ1n) is 9.94. The molecular formula is C21H27N5O. The van der Waals surface area contributed by atoms with Gasteiger partial charge < -0.3 is 15.5 Å². The smallest absolute Gasteiger partial charge is 0.318 e. The molecule has 2 N–H and O–H groups in total. The van der Waals surface area contributed by atoms with Gasteiger partial charge in [-0.25, -0.2) is 14.8 Å². The zero-order valence-corrected chi connectivity index (χ0v) is 15.9. The van der Waals surface area contributed by atoms with Crippen LogP contribution in [0.5, 0.6) is 0 Å².